The van der Waals surface area contributed by atoms with E-state index in [4.69, 9.17) is 4.74 Å². The number of allylic oxidation sites excluding steroid dienone is 4. The van der Waals surface area contributed by atoms with Crippen LogP contribution in [0.1, 0.15) is 20.3 Å². The van der Waals surface area contributed by atoms with Gasteiger partial charge in [-0.1, -0.05) is 12.2 Å². The molecule has 3 aliphatic rings. The maximum absolute atomic E-state index is 13.8. The van der Waals surface area contributed by atoms with Gasteiger partial charge < -0.3 is 10.1 Å². The zero-order valence-electron chi connectivity index (χ0n) is 15.1. The quantitative estimate of drug-likeness (QED) is 0.862. The topological polar surface area (TPSA) is 79.7 Å². The summed E-state index contributed by atoms with van der Waals surface area (Å²) in [6.45, 7) is 3.41. The second-order valence-electron chi connectivity index (χ2n) is 6.67. The van der Waals surface area contributed by atoms with E-state index in [2.05, 4.69) is 26.4 Å². The number of nitrogens with zero attached hydrogens (tertiary/aromatic N) is 4. The van der Waals surface area contributed by atoms with Crippen LogP contribution in [0.4, 0.5) is 21.0 Å². The molecule has 7 nitrogen and oxygen atoms in total. The Kier molecular flexibility index (Phi) is 4.47. The summed E-state index contributed by atoms with van der Waals surface area (Å²) in [7, 11) is 0. The van der Waals surface area contributed by atoms with Crippen LogP contribution in [0.15, 0.2) is 52.3 Å². The number of amides is 1. The average Bonchev–Trinajstić information content (AvgIpc) is 3.25. The Bertz CT molecular complexity index is 890. The predicted molar refractivity (Wildman–Crippen MR) is 101 cm³/mol. The first-order valence-corrected chi connectivity index (χ1v) is 8.88. The molecule has 27 heavy (non-hydrogen) atoms. The lowest BCUT2D eigenvalue weighted by atomic mass is 9.97. The summed E-state index contributed by atoms with van der Waals surface area (Å²) in [5, 5.41) is 3.24. The molecule has 0 radical (unpaired) electrons. The van der Waals surface area contributed by atoms with Crippen molar-refractivity contribution in [3.05, 3.63) is 47.3 Å². The molecule has 0 spiro atoms. The molecule has 1 aromatic rings. The molecular weight excluding hydrogens is 349 g/mol. The molecule has 8 heteroatoms. The van der Waals surface area contributed by atoms with Gasteiger partial charge in [-0.15, -0.1) is 0 Å². The van der Waals surface area contributed by atoms with Crippen LogP contribution in [0.2, 0.25) is 0 Å². The summed E-state index contributed by atoms with van der Waals surface area (Å²) in [4.78, 5) is 26.3. The van der Waals surface area contributed by atoms with Gasteiger partial charge in [0, 0.05) is 12.4 Å². The predicted octanol–water partition coefficient (Wildman–Crippen LogP) is 3.19. The number of rotatable bonds is 5. The number of halogens is 1. The summed E-state index contributed by atoms with van der Waals surface area (Å²) in [6.07, 6.45) is 8.49. The number of carbonyl (C=O) groups is 1. The molecule has 3 heterocycles. The Balaban J connectivity index is 1.55. The Labute approximate surface area is 156 Å². The maximum atomic E-state index is 13.8. The van der Waals surface area contributed by atoms with Gasteiger partial charge in [0.15, 0.2) is 0 Å². The van der Waals surface area contributed by atoms with Crippen LogP contribution >= 0.6 is 0 Å². The number of hydrogen-bond donors (Lipinski definition) is 1. The van der Waals surface area contributed by atoms with Crippen molar-refractivity contribution < 1.29 is 13.9 Å². The first-order valence-electron chi connectivity index (χ1n) is 8.88. The molecule has 1 amide bonds. The number of anilines is 2. The number of carbonyl (C=O) groups excluding carboxylic acids is 1. The highest BCUT2D eigenvalue weighted by Gasteiger charge is 2.39. The number of aromatic nitrogens is 2. The average molecular weight is 369 g/mol. The van der Waals surface area contributed by atoms with Crippen molar-refractivity contribution in [3.63, 3.8) is 0 Å². The standard InChI is InChI=1S/C19H20FN5O2/c1-11(20)16-10-27-19(26)25(16)17-7-8-21-18(24-17)23-12(2)14-9-22-15-6-4-3-5-13(14)15/h3-4,6-9,11-12,16H,5,10H2,1-2H3,(H,21,23,24)/t11-,12-,16+/m0/s1. The Morgan fingerprint density at radius 1 is 1.41 bits per heavy atom. The molecule has 0 saturated carbocycles. The Morgan fingerprint density at radius 2 is 2.26 bits per heavy atom. The summed E-state index contributed by atoms with van der Waals surface area (Å²) in [5.41, 5.74) is 3.24. The van der Waals surface area contributed by atoms with Crippen molar-refractivity contribution in [1.82, 2.24) is 9.97 Å². The summed E-state index contributed by atoms with van der Waals surface area (Å²) < 4.78 is 18.8. The van der Waals surface area contributed by atoms with Crippen LogP contribution in [0.3, 0.4) is 0 Å². The van der Waals surface area contributed by atoms with E-state index < -0.39 is 18.3 Å². The number of cyclic esters (lactones) is 1. The van der Waals surface area contributed by atoms with E-state index in [0.29, 0.717) is 11.8 Å². The van der Waals surface area contributed by atoms with Crippen LogP contribution in [0.5, 0.6) is 0 Å². The minimum absolute atomic E-state index is 0.00894. The first-order chi connectivity index (χ1) is 13.0. The van der Waals surface area contributed by atoms with Crippen molar-refractivity contribution in [2.75, 3.05) is 16.8 Å². The summed E-state index contributed by atoms with van der Waals surface area (Å²) >= 11 is 0. The third kappa shape index (κ3) is 3.22. The smallest absolute Gasteiger partial charge is 0.416 e. The molecule has 1 fully saturated rings. The number of aliphatic imine (C=N–C) groups is 1. The molecule has 140 valence electrons. The molecule has 1 N–H and O–H groups in total. The third-order valence-electron chi connectivity index (χ3n) is 4.85. The van der Waals surface area contributed by atoms with E-state index in [1.165, 1.54) is 23.6 Å². The fourth-order valence-corrected chi connectivity index (χ4v) is 3.39. The number of nitrogens with one attached hydrogen (secondary N) is 1. The highest BCUT2D eigenvalue weighted by atomic mass is 19.1. The van der Waals surface area contributed by atoms with Crippen LogP contribution < -0.4 is 10.2 Å². The van der Waals surface area contributed by atoms with Gasteiger partial charge in [0.2, 0.25) is 5.95 Å². The lowest BCUT2D eigenvalue weighted by Crippen LogP contribution is -2.39. The third-order valence-corrected chi connectivity index (χ3v) is 4.85. The molecule has 0 aromatic carbocycles. The maximum Gasteiger partial charge on any atom is 0.416 e. The van der Waals surface area contributed by atoms with E-state index in [1.807, 2.05) is 25.3 Å². The van der Waals surface area contributed by atoms with Gasteiger partial charge in [-0.05, 0) is 43.6 Å². The lowest BCUT2D eigenvalue weighted by Gasteiger charge is -2.22. The highest BCUT2D eigenvalue weighted by Crippen LogP contribution is 2.30. The monoisotopic (exact) mass is 369 g/mol. The molecule has 4 rings (SSSR count). The molecule has 0 unspecified atom stereocenters. The van der Waals surface area contributed by atoms with Gasteiger partial charge in [-0.2, -0.15) is 4.98 Å². The van der Waals surface area contributed by atoms with E-state index in [0.717, 1.165) is 17.7 Å². The van der Waals surface area contributed by atoms with Crippen molar-refractivity contribution in [2.45, 2.75) is 38.5 Å². The van der Waals surface area contributed by atoms with Gasteiger partial charge in [0.05, 0.1) is 11.7 Å². The molecule has 2 aliphatic heterocycles. The van der Waals surface area contributed by atoms with Crippen molar-refractivity contribution in [2.24, 2.45) is 4.99 Å². The van der Waals surface area contributed by atoms with Gasteiger partial charge in [-0.25, -0.2) is 14.2 Å². The fraction of sp³-hybridized carbons (Fsp3) is 0.368. The number of alkyl halides is 1. The molecule has 1 aliphatic carbocycles. The minimum atomic E-state index is -1.23. The Morgan fingerprint density at radius 3 is 3.07 bits per heavy atom. The van der Waals surface area contributed by atoms with Crippen LogP contribution in [-0.4, -0.2) is 47.1 Å². The van der Waals surface area contributed by atoms with Crippen LogP contribution in [-0.2, 0) is 4.74 Å². The molecule has 1 aromatic heterocycles. The van der Waals surface area contributed by atoms with Gasteiger partial charge in [-0.3, -0.25) is 9.89 Å². The van der Waals surface area contributed by atoms with Gasteiger partial charge in [0.1, 0.15) is 24.6 Å². The molecular formula is C19H20FN5O2. The molecule has 1 saturated heterocycles. The van der Waals surface area contributed by atoms with E-state index in [1.54, 1.807) is 6.07 Å². The van der Waals surface area contributed by atoms with E-state index in [9.17, 15) is 9.18 Å². The van der Waals surface area contributed by atoms with Crippen molar-refractivity contribution in [1.29, 1.82) is 0 Å². The SMILES string of the molecule is C[C@H](Nc1nccc(N2C(=O)OC[C@@H]2[C@H](C)F)n1)C1=C2CC=CC=C2N=C1. The summed E-state index contributed by atoms with van der Waals surface area (Å²) in [5.74, 6) is 0.672. The van der Waals surface area contributed by atoms with Crippen LogP contribution in [0, 0.1) is 0 Å². The normalized spacial score (nSPS) is 23.2. The summed E-state index contributed by atoms with van der Waals surface area (Å²) in [6, 6.07) is 0.813. The van der Waals surface area contributed by atoms with Gasteiger partial charge >= 0.3 is 6.09 Å². The fourth-order valence-electron chi connectivity index (χ4n) is 3.39. The number of fused-ring (bicyclic) bond motifs is 1. The van der Waals surface area contributed by atoms with Crippen molar-refractivity contribution in [3.8, 4) is 0 Å². The van der Waals surface area contributed by atoms with E-state index in [-0.39, 0.29) is 12.6 Å². The Hall–Kier alpha value is -3.03. The largest absolute Gasteiger partial charge is 0.447 e. The number of ether oxygens (including phenoxy) is 1. The van der Waals surface area contributed by atoms with Crippen LogP contribution in [0.25, 0.3) is 0 Å². The van der Waals surface area contributed by atoms with E-state index >= 15 is 0 Å². The van der Waals surface area contributed by atoms with Crippen molar-refractivity contribution >= 4 is 24.1 Å². The zero-order valence-corrected chi connectivity index (χ0v) is 15.1. The number of hydrogen-bond acceptors (Lipinski definition) is 6. The highest BCUT2D eigenvalue weighted by molar-refractivity contribution is 5.90. The second-order valence-corrected chi connectivity index (χ2v) is 6.67. The first kappa shape index (κ1) is 17.4. The minimum Gasteiger partial charge on any atom is -0.447 e. The molecule has 3 atom stereocenters. The zero-order chi connectivity index (χ0) is 19.0. The lowest BCUT2D eigenvalue weighted by molar-refractivity contribution is 0.174. The van der Waals surface area contributed by atoms with Gasteiger partial charge in [0.25, 0.3) is 0 Å². The second kappa shape index (κ2) is 6.94. The molecule has 0 bridgehead atoms.